The maximum absolute atomic E-state index is 9.23. The summed E-state index contributed by atoms with van der Waals surface area (Å²) < 4.78 is 73.1. The second-order valence-corrected chi connectivity index (χ2v) is 9.97. The molecule has 7 rings (SSSR count). The Bertz CT molecular complexity index is 2220. The highest BCUT2D eigenvalue weighted by molar-refractivity contribution is 5.85. The summed E-state index contributed by atoms with van der Waals surface area (Å²) in [6.07, 6.45) is 0. The van der Waals surface area contributed by atoms with Crippen LogP contribution in [0.1, 0.15) is 11.0 Å². The Morgan fingerprint density at radius 2 is 0.628 bits per heavy atom. The van der Waals surface area contributed by atoms with Gasteiger partial charge in [-0.3, -0.25) is 0 Å². The number of nitrogens with zero attached hydrogens (tertiary/aromatic N) is 1. The molecule has 0 unspecified atom stereocenters. The first-order chi connectivity index (χ1) is 24.7. The smallest absolute Gasteiger partial charge is 0.0645 e. The molecule has 0 saturated heterocycles. The zero-order valence-corrected chi connectivity index (χ0v) is 23.2. The van der Waals surface area contributed by atoms with Gasteiger partial charge < -0.3 is 4.90 Å². The second-order valence-electron chi connectivity index (χ2n) is 9.97. The Hall–Kier alpha value is -5.66. The molecule has 204 valence electrons. The van der Waals surface area contributed by atoms with Crippen molar-refractivity contribution in [1.29, 1.82) is 0 Å². The van der Waals surface area contributed by atoms with Crippen LogP contribution in [0.5, 0.6) is 0 Å². The normalized spacial score (nSPS) is 13.4. The third-order valence-electron chi connectivity index (χ3n) is 7.24. The molecule has 0 heterocycles. The number of hydrogen-bond acceptors (Lipinski definition) is 1. The molecule has 43 heavy (non-hydrogen) atoms. The first kappa shape index (κ1) is 18.7. The SMILES string of the molecule is [2H]c1c([2H])c(N(c2ccc(-c3ccccc3-c3ccccc3)cc2)c2c([2H])c([2H])c(-c3ccccc3)c([2H])c2[2H])c([2H])c([2H])c1-c1ccccc1. The number of benzene rings is 7. The lowest BCUT2D eigenvalue weighted by Gasteiger charge is -2.26. The first-order valence-electron chi connectivity index (χ1n) is 18.1. The minimum absolute atomic E-state index is 0.126. The van der Waals surface area contributed by atoms with Crippen LogP contribution in [0, 0.1) is 0 Å². The quantitative estimate of drug-likeness (QED) is 0.188. The highest BCUT2D eigenvalue weighted by atomic mass is 15.1. The van der Waals surface area contributed by atoms with Gasteiger partial charge in [0.15, 0.2) is 0 Å². The van der Waals surface area contributed by atoms with Gasteiger partial charge in [-0.05, 0) is 80.8 Å². The maximum atomic E-state index is 9.23. The molecule has 0 aliphatic rings. The summed E-state index contributed by atoms with van der Waals surface area (Å²) in [5, 5.41) is 0. The van der Waals surface area contributed by atoms with E-state index in [2.05, 4.69) is 0 Å². The Labute approximate surface area is 265 Å². The molecule has 0 N–H and O–H groups in total. The molecule has 7 aromatic carbocycles. The summed E-state index contributed by atoms with van der Waals surface area (Å²) in [5.41, 5.74) is 5.17. The van der Waals surface area contributed by atoms with Crippen molar-refractivity contribution in [2.24, 2.45) is 0 Å². The highest BCUT2D eigenvalue weighted by Gasteiger charge is 2.14. The molecule has 0 spiro atoms. The van der Waals surface area contributed by atoms with Gasteiger partial charge in [-0.15, -0.1) is 0 Å². The van der Waals surface area contributed by atoms with E-state index in [1.165, 1.54) is 4.90 Å². The van der Waals surface area contributed by atoms with Crippen molar-refractivity contribution in [3.63, 3.8) is 0 Å². The van der Waals surface area contributed by atoms with Gasteiger partial charge >= 0.3 is 0 Å². The van der Waals surface area contributed by atoms with Crippen LogP contribution in [0.3, 0.4) is 0 Å². The lowest BCUT2D eigenvalue weighted by Crippen LogP contribution is -2.09. The molecule has 0 saturated carbocycles. The molecule has 0 bridgehead atoms. The second kappa shape index (κ2) is 12.1. The Kier molecular flexibility index (Phi) is 5.25. The summed E-state index contributed by atoms with van der Waals surface area (Å²) >= 11 is 0. The molecule has 1 heteroatoms. The van der Waals surface area contributed by atoms with Crippen molar-refractivity contribution in [1.82, 2.24) is 0 Å². The minimum Gasteiger partial charge on any atom is -0.311 e. The van der Waals surface area contributed by atoms with Gasteiger partial charge in [0.1, 0.15) is 0 Å². The van der Waals surface area contributed by atoms with Crippen LogP contribution < -0.4 is 4.90 Å². The van der Waals surface area contributed by atoms with Gasteiger partial charge in [-0.2, -0.15) is 0 Å². The number of rotatable bonds is 7. The van der Waals surface area contributed by atoms with E-state index in [9.17, 15) is 5.48 Å². The largest absolute Gasteiger partial charge is 0.311 e. The third kappa shape index (κ3) is 5.62. The molecule has 7 aromatic rings. The van der Waals surface area contributed by atoms with E-state index in [4.69, 9.17) is 5.48 Å². The minimum atomic E-state index is -0.377. The van der Waals surface area contributed by atoms with Crippen LogP contribution in [0.2, 0.25) is 0 Å². The fourth-order valence-electron chi connectivity index (χ4n) is 5.10. The van der Waals surface area contributed by atoms with E-state index in [-0.39, 0.29) is 70.8 Å². The molecule has 0 radical (unpaired) electrons. The average Bonchev–Trinajstić information content (AvgIpc) is 3.17. The van der Waals surface area contributed by atoms with Crippen molar-refractivity contribution < 1.29 is 11.0 Å². The van der Waals surface area contributed by atoms with Crippen LogP contribution >= 0.6 is 0 Å². The van der Waals surface area contributed by atoms with Crippen molar-refractivity contribution >= 4 is 17.1 Å². The van der Waals surface area contributed by atoms with E-state index in [1.807, 2.05) is 66.7 Å². The van der Waals surface area contributed by atoms with E-state index in [0.29, 0.717) is 16.8 Å². The van der Waals surface area contributed by atoms with Gasteiger partial charge in [0.05, 0.1) is 11.0 Å². The Morgan fingerprint density at radius 3 is 1.05 bits per heavy atom. The summed E-state index contributed by atoms with van der Waals surface area (Å²) in [6.45, 7) is 0. The monoisotopic (exact) mass is 557 g/mol. The summed E-state index contributed by atoms with van der Waals surface area (Å²) in [6, 6.07) is 40.1. The van der Waals surface area contributed by atoms with Crippen LogP contribution in [-0.4, -0.2) is 0 Å². The predicted molar refractivity (Wildman–Crippen MR) is 183 cm³/mol. The lowest BCUT2D eigenvalue weighted by atomic mass is 9.94. The van der Waals surface area contributed by atoms with Crippen molar-refractivity contribution in [3.8, 4) is 44.5 Å². The van der Waals surface area contributed by atoms with Gasteiger partial charge in [0.25, 0.3) is 0 Å². The maximum Gasteiger partial charge on any atom is 0.0645 e. The van der Waals surface area contributed by atoms with Crippen LogP contribution in [0.4, 0.5) is 17.1 Å². The van der Waals surface area contributed by atoms with E-state index >= 15 is 0 Å². The van der Waals surface area contributed by atoms with Crippen LogP contribution in [0.25, 0.3) is 44.5 Å². The van der Waals surface area contributed by atoms with E-state index in [1.54, 1.807) is 72.8 Å². The fraction of sp³-hybridized carbons (Fsp3) is 0. The molecular weight excluding hydrogens is 518 g/mol. The Morgan fingerprint density at radius 1 is 0.279 bits per heavy atom. The topological polar surface area (TPSA) is 3.24 Å². The van der Waals surface area contributed by atoms with Crippen LogP contribution in [-0.2, 0) is 0 Å². The summed E-state index contributed by atoms with van der Waals surface area (Å²) in [7, 11) is 0. The molecule has 0 aliphatic heterocycles. The highest BCUT2D eigenvalue weighted by Crippen LogP contribution is 2.39. The molecule has 0 fully saturated rings. The fourth-order valence-corrected chi connectivity index (χ4v) is 5.10. The molecule has 1 nitrogen and oxygen atoms in total. The first-order valence-corrected chi connectivity index (χ1v) is 14.1. The van der Waals surface area contributed by atoms with Crippen molar-refractivity contribution in [2.45, 2.75) is 0 Å². The average molecular weight is 558 g/mol. The number of anilines is 3. The van der Waals surface area contributed by atoms with Crippen LogP contribution in [0.15, 0.2) is 188 Å². The lowest BCUT2D eigenvalue weighted by molar-refractivity contribution is 1.28. The molecule has 0 amide bonds. The van der Waals surface area contributed by atoms with Gasteiger partial charge in [-0.25, -0.2) is 0 Å². The predicted octanol–water partition coefficient (Wildman–Crippen LogP) is 11.8. The molecule has 0 aromatic heterocycles. The molecular formula is C42H31N. The molecule has 0 atom stereocenters. The molecule has 0 aliphatic carbocycles. The van der Waals surface area contributed by atoms with Gasteiger partial charge in [-0.1, -0.05) is 152 Å². The van der Waals surface area contributed by atoms with E-state index in [0.717, 1.165) is 22.3 Å². The summed E-state index contributed by atoms with van der Waals surface area (Å²) in [5.74, 6) is 0. The third-order valence-corrected chi connectivity index (χ3v) is 7.24. The zero-order chi connectivity index (χ0) is 35.8. The Balaban J connectivity index is 1.47. The zero-order valence-electron chi connectivity index (χ0n) is 31.2. The van der Waals surface area contributed by atoms with Gasteiger partial charge in [0.2, 0.25) is 0 Å². The van der Waals surface area contributed by atoms with Crippen molar-refractivity contribution in [2.75, 3.05) is 4.90 Å². The number of hydrogen-bond donors (Lipinski definition) is 0. The standard InChI is InChI=1S/C42H31N/c1-4-12-32(13-5-1)34-20-26-38(27-21-34)43(39-28-22-35(23-29-39)33-14-6-2-7-15-33)40-30-24-37(25-31-40)42-19-11-10-18-41(42)36-16-8-3-9-17-36/h1-31H/i20D,21D,22D,23D,26D,27D,28D,29D. The van der Waals surface area contributed by atoms with E-state index < -0.39 is 0 Å². The van der Waals surface area contributed by atoms with Crippen molar-refractivity contribution in [3.05, 3.63) is 188 Å². The summed E-state index contributed by atoms with van der Waals surface area (Å²) in [4.78, 5) is 1.33. The van der Waals surface area contributed by atoms with Gasteiger partial charge in [0, 0.05) is 17.1 Å².